The molecular weight excluding hydrogens is 390 g/mol. The van der Waals surface area contributed by atoms with E-state index in [1.165, 1.54) is 39.3 Å². The smallest absolute Gasteiger partial charge is 0.119 e. The van der Waals surface area contributed by atoms with Gasteiger partial charge in [-0.25, -0.2) is 0 Å². The van der Waals surface area contributed by atoms with Crippen molar-refractivity contribution in [1.29, 1.82) is 0 Å². The Hall–Kier alpha value is -1.75. The zero-order valence-corrected chi connectivity index (χ0v) is 19.3. The number of benzene rings is 2. The third-order valence-electron chi connectivity index (χ3n) is 6.19. The van der Waals surface area contributed by atoms with Gasteiger partial charge in [-0.2, -0.15) is 0 Å². The number of morpholine rings is 1. The number of nitrogens with zero attached hydrogens (tertiary/aromatic N) is 1. The van der Waals surface area contributed by atoms with E-state index in [0.29, 0.717) is 0 Å². The summed E-state index contributed by atoms with van der Waals surface area (Å²) in [5.74, 6) is 2.14. The SMILES string of the molecule is C/C(=C\c1ccc(OCCN2CCOCC2)cc1)c1ccc2c(c1)SCCC2(C)C. The molecule has 4 heteroatoms. The van der Waals surface area contributed by atoms with E-state index in [1.807, 2.05) is 11.8 Å². The molecule has 0 aromatic heterocycles. The lowest BCUT2D eigenvalue weighted by Gasteiger charge is -2.32. The Labute approximate surface area is 185 Å². The lowest BCUT2D eigenvalue weighted by molar-refractivity contribution is 0.0322. The number of fused-ring (bicyclic) bond motifs is 1. The van der Waals surface area contributed by atoms with Crippen LogP contribution in [0.3, 0.4) is 0 Å². The summed E-state index contributed by atoms with van der Waals surface area (Å²) < 4.78 is 11.3. The second-order valence-corrected chi connectivity index (χ2v) is 10.0. The van der Waals surface area contributed by atoms with E-state index in [4.69, 9.17) is 9.47 Å². The van der Waals surface area contributed by atoms with Crippen LogP contribution in [0.4, 0.5) is 0 Å². The molecule has 2 aliphatic heterocycles. The average molecular weight is 424 g/mol. The highest BCUT2D eigenvalue weighted by Gasteiger charge is 2.27. The standard InChI is InChI=1S/C26H33NO2S/c1-20(22-6-9-24-25(19-22)30-17-10-26(24,2)3)18-21-4-7-23(8-5-21)29-16-13-27-11-14-28-15-12-27/h4-9,18-19H,10-17H2,1-3H3/b20-18+. The first-order chi connectivity index (χ1) is 14.5. The van der Waals surface area contributed by atoms with Crippen molar-refractivity contribution in [2.24, 2.45) is 0 Å². The van der Waals surface area contributed by atoms with E-state index >= 15 is 0 Å². The van der Waals surface area contributed by atoms with Gasteiger partial charge in [0.05, 0.1) is 13.2 Å². The van der Waals surface area contributed by atoms with Crippen molar-refractivity contribution < 1.29 is 9.47 Å². The summed E-state index contributed by atoms with van der Waals surface area (Å²) in [5.41, 5.74) is 5.59. The number of hydrogen-bond acceptors (Lipinski definition) is 4. The summed E-state index contributed by atoms with van der Waals surface area (Å²) in [7, 11) is 0. The Bertz CT molecular complexity index is 882. The highest BCUT2D eigenvalue weighted by atomic mass is 32.2. The maximum Gasteiger partial charge on any atom is 0.119 e. The fourth-order valence-electron chi connectivity index (χ4n) is 4.11. The fraction of sp³-hybridized carbons (Fsp3) is 0.462. The summed E-state index contributed by atoms with van der Waals surface area (Å²) >= 11 is 1.99. The molecule has 0 aliphatic carbocycles. The number of ether oxygens (including phenoxy) is 2. The van der Waals surface area contributed by atoms with Crippen molar-refractivity contribution >= 4 is 23.4 Å². The van der Waals surface area contributed by atoms with Gasteiger partial charge in [0, 0.05) is 24.5 Å². The van der Waals surface area contributed by atoms with Gasteiger partial charge in [0.1, 0.15) is 12.4 Å². The Morgan fingerprint density at radius 3 is 2.67 bits per heavy atom. The van der Waals surface area contributed by atoms with E-state index in [1.54, 1.807) is 0 Å². The first-order valence-electron chi connectivity index (χ1n) is 11.0. The third-order valence-corrected chi connectivity index (χ3v) is 7.25. The molecule has 0 bridgehead atoms. The zero-order chi connectivity index (χ0) is 21.0. The lowest BCUT2D eigenvalue weighted by Crippen LogP contribution is -2.38. The van der Waals surface area contributed by atoms with Crippen LogP contribution >= 0.6 is 11.8 Å². The maximum atomic E-state index is 5.93. The molecule has 0 atom stereocenters. The Balaban J connectivity index is 1.37. The van der Waals surface area contributed by atoms with E-state index < -0.39 is 0 Å². The molecular formula is C26H33NO2S. The molecule has 3 nitrogen and oxygen atoms in total. The van der Waals surface area contributed by atoms with Gasteiger partial charge in [-0.3, -0.25) is 4.90 Å². The van der Waals surface area contributed by atoms with Gasteiger partial charge in [-0.05, 0) is 65.0 Å². The van der Waals surface area contributed by atoms with Crippen LogP contribution in [0.25, 0.3) is 11.6 Å². The molecule has 1 saturated heterocycles. The molecule has 0 radical (unpaired) electrons. The van der Waals surface area contributed by atoms with Crippen LogP contribution < -0.4 is 4.74 Å². The average Bonchev–Trinajstić information content (AvgIpc) is 2.75. The fourth-order valence-corrected chi connectivity index (χ4v) is 5.65. The largest absolute Gasteiger partial charge is 0.492 e. The number of allylic oxidation sites excluding steroid dienone is 1. The van der Waals surface area contributed by atoms with E-state index in [9.17, 15) is 0 Å². The van der Waals surface area contributed by atoms with Crippen molar-refractivity contribution in [1.82, 2.24) is 4.90 Å². The number of thioether (sulfide) groups is 1. The van der Waals surface area contributed by atoms with Gasteiger partial charge in [-0.1, -0.05) is 44.2 Å². The molecule has 0 spiro atoms. The van der Waals surface area contributed by atoms with Crippen LogP contribution in [0, 0.1) is 0 Å². The van der Waals surface area contributed by atoms with Crippen molar-refractivity contribution in [3.63, 3.8) is 0 Å². The molecule has 1 fully saturated rings. The minimum atomic E-state index is 0.286. The molecule has 2 aromatic carbocycles. The maximum absolute atomic E-state index is 5.93. The van der Waals surface area contributed by atoms with E-state index in [-0.39, 0.29) is 5.41 Å². The predicted molar refractivity (Wildman–Crippen MR) is 128 cm³/mol. The highest BCUT2D eigenvalue weighted by Crippen LogP contribution is 2.42. The summed E-state index contributed by atoms with van der Waals surface area (Å²) in [6.45, 7) is 12.3. The predicted octanol–water partition coefficient (Wildman–Crippen LogP) is 5.73. The molecule has 2 aromatic rings. The Kier molecular flexibility index (Phi) is 6.87. The monoisotopic (exact) mass is 423 g/mol. The van der Waals surface area contributed by atoms with Crippen LogP contribution in [0.1, 0.15) is 43.9 Å². The topological polar surface area (TPSA) is 21.7 Å². The first kappa shape index (κ1) is 21.5. The van der Waals surface area contributed by atoms with Crippen molar-refractivity contribution in [2.45, 2.75) is 37.5 Å². The summed E-state index contributed by atoms with van der Waals surface area (Å²) in [6, 6.07) is 15.4. The second kappa shape index (κ2) is 9.59. The van der Waals surface area contributed by atoms with Gasteiger partial charge in [0.15, 0.2) is 0 Å². The molecule has 0 N–H and O–H groups in total. The molecule has 0 unspecified atom stereocenters. The van der Waals surface area contributed by atoms with Crippen molar-refractivity contribution in [2.75, 3.05) is 45.2 Å². The molecule has 2 aliphatic rings. The minimum absolute atomic E-state index is 0.286. The van der Waals surface area contributed by atoms with Gasteiger partial charge < -0.3 is 9.47 Å². The molecule has 30 heavy (non-hydrogen) atoms. The van der Waals surface area contributed by atoms with Crippen LogP contribution in [0.2, 0.25) is 0 Å². The molecule has 4 rings (SSSR count). The van der Waals surface area contributed by atoms with E-state index in [0.717, 1.165) is 45.2 Å². The Morgan fingerprint density at radius 2 is 1.90 bits per heavy atom. The molecule has 2 heterocycles. The molecule has 0 saturated carbocycles. The van der Waals surface area contributed by atoms with Crippen LogP contribution in [0.15, 0.2) is 47.4 Å². The Morgan fingerprint density at radius 1 is 1.13 bits per heavy atom. The van der Waals surface area contributed by atoms with Crippen molar-refractivity contribution in [3.05, 3.63) is 59.2 Å². The highest BCUT2D eigenvalue weighted by molar-refractivity contribution is 7.99. The van der Waals surface area contributed by atoms with Crippen LogP contribution in [-0.4, -0.2) is 50.1 Å². The minimum Gasteiger partial charge on any atom is -0.492 e. The lowest BCUT2D eigenvalue weighted by atomic mass is 9.81. The van der Waals surface area contributed by atoms with Gasteiger partial charge in [0.25, 0.3) is 0 Å². The van der Waals surface area contributed by atoms with Crippen molar-refractivity contribution in [3.8, 4) is 5.75 Å². The summed E-state index contributed by atoms with van der Waals surface area (Å²) in [6.07, 6.45) is 3.51. The van der Waals surface area contributed by atoms with E-state index in [2.05, 4.69) is 74.2 Å². The van der Waals surface area contributed by atoms with Gasteiger partial charge in [0.2, 0.25) is 0 Å². The molecule has 160 valence electrons. The van der Waals surface area contributed by atoms with Gasteiger partial charge >= 0.3 is 0 Å². The molecule has 0 amide bonds. The number of hydrogen-bond donors (Lipinski definition) is 0. The summed E-state index contributed by atoms with van der Waals surface area (Å²) in [4.78, 5) is 3.84. The summed E-state index contributed by atoms with van der Waals surface area (Å²) in [5, 5.41) is 0. The number of rotatable bonds is 6. The van der Waals surface area contributed by atoms with Gasteiger partial charge in [-0.15, -0.1) is 11.8 Å². The zero-order valence-electron chi connectivity index (χ0n) is 18.4. The van der Waals surface area contributed by atoms with Crippen LogP contribution in [-0.2, 0) is 10.2 Å². The second-order valence-electron chi connectivity index (χ2n) is 8.89. The quantitative estimate of drug-likeness (QED) is 0.553. The van der Waals surface area contributed by atoms with Crippen LogP contribution in [0.5, 0.6) is 5.75 Å². The first-order valence-corrected chi connectivity index (χ1v) is 12.0. The normalized spacial score (nSPS) is 19.4. The third kappa shape index (κ3) is 5.29.